The highest BCUT2D eigenvalue weighted by Crippen LogP contribution is 2.32. The zero-order chi connectivity index (χ0) is 19.1. The highest BCUT2D eigenvalue weighted by Gasteiger charge is 2.27. The van der Waals surface area contributed by atoms with E-state index in [-0.39, 0.29) is 42.7 Å². The fraction of sp³-hybridized carbons (Fsp3) is 0.429. The molecule has 0 spiro atoms. The van der Waals surface area contributed by atoms with Crippen molar-refractivity contribution < 1.29 is 14.3 Å². The van der Waals surface area contributed by atoms with Crippen molar-refractivity contribution in [3.05, 3.63) is 48.2 Å². The lowest BCUT2D eigenvalue weighted by atomic mass is 10.1. The van der Waals surface area contributed by atoms with Gasteiger partial charge in [0, 0.05) is 30.3 Å². The SMILES string of the molecule is CCCOc1ccccc1Oc1ncccc1CNC(=O)C1CCC(N)C1.Cl.Cl. The van der Waals surface area contributed by atoms with E-state index in [1.165, 1.54) is 0 Å². The number of carbonyl (C=O) groups is 1. The summed E-state index contributed by atoms with van der Waals surface area (Å²) in [6.07, 6.45) is 5.11. The van der Waals surface area contributed by atoms with Crippen molar-refractivity contribution in [3.63, 3.8) is 0 Å². The van der Waals surface area contributed by atoms with Gasteiger partial charge in [-0.25, -0.2) is 4.98 Å². The van der Waals surface area contributed by atoms with Gasteiger partial charge in [0.2, 0.25) is 11.8 Å². The van der Waals surface area contributed by atoms with Gasteiger partial charge < -0.3 is 20.5 Å². The van der Waals surface area contributed by atoms with Gasteiger partial charge in [0.15, 0.2) is 11.5 Å². The van der Waals surface area contributed by atoms with Crippen LogP contribution in [0.2, 0.25) is 0 Å². The van der Waals surface area contributed by atoms with E-state index in [1.807, 2.05) is 36.4 Å². The Morgan fingerprint density at radius 2 is 1.93 bits per heavy atom. The molecule has 29 heavy (non-hydrogen) atoms. The van der Waals surface area contributed by atoms with Gasteiger partial charge >= 0.3 is 0 Å². The van der Waals surface area contributed by atoms with Crippen LogP contribution in [0.5, 0.6) is 17.4 Å². The number of para-hydroxylation sites is 2. The first kappa shape index (κ1) is 25.0. The van der Waals surface area contributed by atoms with Gasteiger partial charge in [0.25, 0.3) is 0 Å². The zero-order valence-corrected chi connectivity index (χ0v) is 18.1. The number of pyridine rings is 1. The summed E-state index contributed by atoms with van der Waals surface area (Å²) in [7, 11) is 0. The summed E-state index contributed by atoms with van der Waals surface area (Å²) in [5.41, 5.74) is 6.73. The second kappa shape index (κ2) is 12.5. The van der Waals surface area contributed by atoms with Gasteiger partial charge in [-0.15, -0.1) is 24.8 Å². The number of hydrogen-bond acceptors (Lipinski definition) is 5. The first-order chi connectivity index (χ1) is 13.2. The normalized spacial score (nSPS) is 17.6. The fourth-order valence-corrected chi connectivity index (χ4v) is 3.20. The quantitative estimate of drug-likeness (QED) is 0.639. The molecule has 1 aromatic heterocycles. The largest absolute Gasteiger partial charge is 0.490 e. The predicted molar refractivity (Wildman–Crippen MR) is 118 cm³/mol. The molecule has 3 rings (SSSR count). The van der Waals surface area contributed by atoms with Crippen LogP contribution in [0.25, 0.3) is 0 Å². The van der Waals surface area contributed by atoms with Crippen LogP contribution in [0.4, 0.5) is 0 Å². The lowest BCUT2D eigenvalue weighted by Crippen LogP contribution is -2.30. The zero-order valence-electron chi connectivity index (χ0n) is 16.5. The van der Waals surface area contributed by atoms with Crippen LogP contribution in [0.3, 0.4) is 0 Å². The second-order valence-corrected chi connectivity index (χ2v) is 6.85. The van der Waals surface area contributed by atoms with Crippen LogP contribution in [0.1, 0.15) is 38.2 Å². The summed E-state index contributed by atoms with van der Waals surface area (Å²) in [6, 6.07) is 11.4. The summed E-state index contributed by atoms with van der Waals surface area (Å²) in [6.45, 7) is 3.04. The molecule has 1 saturated carbocycles. The van der Waals surface area contributed by atoms with Gasteiger partial charge in [0.05, 0.1) is 6.61 Å². The molecule has 1 aliphatic carbocycles. The van der Waals surface area contributed by atoms with Crippen molar-refractivity contribution in [1.29, 1.82) is 0 Å². The molecule has 8 heteroatoms. The molecule has 0 radical (unpaired) electrons. The number of halogens is 2. The first-order valence-corrected chi connectivity index (χ1v) is 9.54. The molecule has 0 saturated heterocycles. The Morgan fingerprint density at radius 1 is 1.17 bits per heavy atom. The number of nitrogens with one attached hydrogen (secondary N) is 1. The summed E-state index contributed by atoms with van der Waals surface area (Å²) in [5.74, 6) is 1.81. The molecule has 1 aromatic carbocycles. The maximum absolute atomic E-state index is 12.4. The van der Waals surface area contributed by atoms with Crippen molar-refractivity contribution in [2.45, 2.75) is 45.2 Å². The van der Waals surface area contributed by atoms with E-state index in [9.17, 15) is 4.79 Å². The van der Waals surface area contributed by atoms with E-state index in [4.69, 9.17) is 15.2 Å². The molecule has 2 atom stereocenters. The average molecular weight is 442 g/mol. The Bertz CT molecular complexity index is 776. The minimum Gasteiger partial charge on any atom is -0.490 e. The molecule has 1 heterocycles. The average Bonchev–Trinajstić information content (AvgIpc) is 3.13. The van der Waals surface area contributed by atoms with E-state index in [1.54, 1.807) is 6.20 Å². The molecule has 1 amide bonds. The number of nitrogens with two attached hydrogens (primary N) is 1. The summed E-state index contributed by atoms with van der Waals surface area (Å²) >= 11 is 0. The fourth-order valence-electron chi connectivity index (χ4n) is 3.20. The Hall–Kier alpha value is -2.02. The third kappa shape index (κ3) is 7.07. The monoisotopic (exact) mass is 441 g/mol. The number of hydrogen-bond donors (Lipinski definition) is 2. The predicted octanol–water partition coefficient (Wildman–Crippen LogP) is 4.25. The molecule has 1 fully saturated rings. The van der Waals surface area contributed by atoms with Crippen molar-refractivity contribution in [2.75, 3.05) is 6.61 Å². The highest BCUT2D eigenvalue weighted by atomic mass is 35.5. The number of carbonyl (C=O) groups excluding carboxylic acids is 1. The van der Waals surface area contributed by atoms with Crippen molar-refractivity contribution in [2.24, 2.45) is 11.7 Å². The molecular weight excluding hydrogens is 413 g/mol. The van der Waals surface area contributed by atoms with Crippen LogP contribution in [-0.4, -0.2) is 23.5 Å². The van der Waals surface area contributed by atoms with Crippen LogP contribution < -0.4 is 20.5 Å². The molecule has 1 aliphatic rings. The molecule has 6 nitrogen and oxygen atoms in total. The summed E-state index contributed by atoms with van der Waals surface area (Å²) in [5, 5.41) is 2.99. The lowest BCUT2D eigenvalue weighted by Gasteiger charge is -2.15. The Balaban J connectivity index is 0.00000210. The minimum atomic E-state index is 0. The van der Waals surface area contributed by atoms with E-state index >= 15 is 0 Å². The van der Waals surface area contributed by atoms with Gasteiger partial charge in [-0.3, -0.25) is 4.79 Å². The van der Waals surface area contributed by atoms with Crippen LogP contribution in [0.15, 0.2) is 42.6 Å². The molecule has 0 bridgehead atoms. The number of ether oxygens (including phenoxy) is 2. The third-order valence-corrected chi connectivity index (χ3v) is 4.66. The maximum atomic E-state index is 12.4. The van der Waals surface area contributed by atoms with E-state index < -0.39 is 0 Å². The van der Waals surface area contributed by atoms with Gasteiger partial charge in [0.1, 0.15) is 0 Å². The van der Waals surface area contributed by atoms with E-state index in [2.05, 4.69) is 17.2 Å². The molecule has 0 aliphatic heterocycles. The molecule has 160 valence electrons. The summed E-state index contributed by atoms with van der Waals surface area (Å²) in [4.78, 5) is 16.7. The van der Waals surface area contributed by atoms with Crippen LogP contribution in [-0.2, 0) is 11.3 Å². The van der Waals surface area contributed by atoms with Crippen molar-refractivity contribution in [1.82, 2.24) is 10.3 Å². The molecule has 3 N–H and O–H groups in total. The standard InChI is InChI=1S/C21H27N3O3.2ClH/c1-2-12-26-18-7-3-4-8-19(18)27-21-16(6-5-11-23-21)14-24-20(25)15-9-10-17(22)13-15;;/h3-8,11,15,17H,2,9-10,12-14,22H2,1H3,(H,24,25);2*1H. The van der Waals surface area contributed by atoms with Gasteiger partial charge in [-0.1, -0.05) is 25.1 Å². The number of amides is 1. The number of aromatic nitrogens is 1. The van der Waals surface area contributed by atoms with Crippen LogP contribution in [0, 0.1) is 5.92 Å². The molecular formula is C21H29Cl2N3O3. The number of benzene rings is 1. The Morgan fingerprint density at radius 3 is 2.62 bits per heavy atom. The third-order valence-electron chi connectivity index (χ3n) is 4.66. The van der Waals surface area contributed by atoms with E-state index in [0.29, 0.717) is 30.5 Å². The smallest absolute Gasteiger partial charge is 0.224 e. The highest BCUT2D eigenvalue weighted by molar-refractivity contribution is 5.85. The maximum Gasteiger partial charge on any atom is 0.224 e. The van der Waals surface area contributed by atoms with Crippen molar-refractivity contribution >= 4 is 30.7 Å². The Labute approximate surface area is 184 Å². The first-order valence-electron chi connectivity index (χ1n) is 9.54. The van der Waals surface area contributed by atoms with E-state index in [0.717, 1.165) is 31.2 Å². The molecule has 2 unspecified atom stereocenters. The number of rotatable bonds is 8. The van der Waals surface area contributed by atoms with Crippen molar-refractivity contribution in [3.8, 4) is 17.4 Å². The van der Waals surface area contributed by atoms with Crippen LogP contribution >= 0.6 is 24.8 Å². The molecule has 2 aromatic rings. The second-order valence-electron chi connectivity index (χ2n) is 6.85. The lowest BCUT2D eigenvalue weighted by molar-refractivity contribution is -0.125. The minimum absolute atomic E-state index is 0. The summed E-state index contributed by atoms with van der Waals surface area (Å²) < 4.78 is 11.7. The van der Waals surface area contributed by atoms with Gasteiger partial charge in [-0.05, 0) is 43.9 Å². The Kier molecular flexibility index (Phi) is 10.8. The number of nitrogens with zero attached hydrogens (tertiary/aromatic N) is 1. The van der Waals surface area contributed by atoms with Gasteiger partial charge in [-0.2, -0.15) is 0 Å². The topological polar surface area (TPSA) is 86.5 Å².